The number of anilines is 1. The van der Waals surface area contributed by atoms with Crippen LogP contribution in [0.3, 0.4) is 0 Å². The molecule has 0 radical (unpaired) electrons. The summed E-state index contributed by atoms with van der Waals surface area (Å²) in [6.07, 6.45) is 3.84. The molecule has 1 saturated carbocycles. The van der Waals surface area contributed by atoms with Crippen molar-refractivity contribution in [3.63, 3.8) is 0 Å². The van der Waals surface area contributed by atoms with Gasteiger partial charge in [0, 0.05) is 10.4 Å². The van der Waals surface area contributed by atoms with Gasteiger partial charge in [-0.15, -0.1) is 11.3 Å². The number of carbonyl (C=O) groups excluding carboxylic acids is 1. The Hall–Kier alpha value is -2.65. The smallest absolute Gasteiger partial charge is 0.307 e. The highest BCUT2D eigenvalue weighted by Crippen LogP contribution is 2.41. The van der Waals surface area contributed by atoms with Gasteiger partial charge in [0.15, 0.2) is 0 Å². The highest BCUT2D eigenvalue weighted by atomic mass is 32.1. The third-order valence-corrected chi connectivity index (χ3v) is 7.25. The van der Waals surface area contributed by atoms with Gasteiger partial charge in [-0.2, -0.15) is 5.26 Å². The number of aryl methyl sites for hydroxylation is 1. The second-order valence-corrected chi connectivity index (χ2v) is 9.33. The zero-order valence-electron chi connectivity index (χ0n) is 17.7. The third-order valence-electron chi connectivity index (χ3n) is 6.23. The molecule has 1 aliphatic rings. The predicted molar refractivity (Wildman–Crippen MR) is 120 cm³/mol. The maximum absolute atomic E-state index is 12.9. The summed E-state index contributed by atoms with van der Waals surface area (Å²) in [4.78, 5) is 25.4. The van der Waals surface area contributed by atoms with Gasteiger partial charge in [-0.05, 0) is 43.2 Å². The maximum Gasteiger partial charge on any atom is 0.307 e. The molecule has 1 aromatic carbocycles. The standard InChI is InChI=1S/C24H28N2O3S/c1-4-14(2)16-9-11-17(12-10-16)21-15(3)30-23(20(21)13-25)26-22(27)18-7-5-6-8-19(18)24(28)29/h9-12,14,18-19H,4-8H2,1-3H3,(H,26,27)(H,28,29)/t14-,18+,19-/m0/s1. The van der Waals surface area contributed by atoms with Crippen LogP contribution in [0.15, 0.2) is 24.3 Å². The molecule has 158 valence electrons. The number of carbonyl (C=O) groups is 2. The van der Waals surface area contributed by atoms with E-state index in [2.05, 4.69) is 37.4 Å². The number of nitrogens with zero attached hydrogens (tertiary/aromatic N) is 1. The Morgan fingerprint density at radius 2 is 1.87 bits per heavy atom. The average Bonchev–Trinajstić information content (AvgIpc) is 3.07. The molecule has 1 heterocycles. The average molecular weight is 425 g/mol. The number of nitriles is 1. The lowest BCUT2D eigenvalue weighted by Crippen LogP contribution is -2.36. The third kappa shape index (κ3) is 4.41. The highest BCUT2D eigenvalue weighted by molar-refractivity contribution is 7.17. The molecule has 0 aliphatic heterocycles. The molecule has 2 aromatic rings. The Morgan fingerprint density at radius 1 is 1.23 bits per heavy atom. The van der Waals surface area contributed by atoms with Crippen LogP contribution >= 0.6 is 11.3 Å². The van der Waals surface area contributed by atoms with Crippen molar-refractivity contribution in [1.82, 2.24) is 0 Å². The molecule has 0 spiro atoms. The molecule has 1 aliphatic carbocycles. The first-order chi connectivity index (χ1) is 14.4. The summed E-state index contributed by atoms with van der Waals surface area (Å²) in [5, 5.41) is 22.7. The number of benzene rings is 1. The van der Waals surface area contributed by atoms with E-state index in [-0.39, 0.29) is 5.91 Å². The largest absolute Gasteiger partial charge is 0.481 e. The van der Waals surface area contributed by atoms with Gasteiger partial charge in [0.25, 0.3) is 0 Å². The molecule has 2 N–H and O–H groups in total. The summed E-state index contributed by atoms with van der Waals surface area (Å²) in [6, 6.07) is 10.5. The molecule has 1 amide bonds. The van der Waals surface area contributed by atoms with Crippen LogP contribution in [0.2, 0.25) is 0 Å². The Labute approximate surface area is 181 Å². The molecular formula is C24H28N2O3S. The lowest BCUT2D eigenvalue weighted by Gasteiger charge is -2.27. The van der Waals surface area contributed by atoms with Crippen LogP contribution in [0.4, 0.5) is 5.00 Å². The van der Waals surface area contributed by atoms with Crippen molar-refractivity contribution in [2.24, 2.45) is 11.8 Å². The quantitative estimate of drug-likeness (QED) is 0.600. The molecule has 5 nitrogen and oxygen atoms in total. The van der Waals surface area contributed by atoms with Gasteiger partial charge >= 0.3 is 5.97 Å². The zero-order chi connectivity index (χ0) is 21.8. The van der Waals surface area contributed by atoms with Gasteiger partial charge in [-0.1, -0.05) is 51.0 Å². The van der Waals surface area contributed by atoms with Crippen LogP contribution in [-0.4, -0.2) is 17.0 Å². The van der Waals surface area contributed by atoms with Crippen LogP contribution in [-0.2, 0) is 9.59 Å². The van der Waals surface area contributed by atoms with Crippen molar-refractivity contribution in [2.45, 2.75) is 58.8 Å². The molecule has 30 heavy (non-hydrogen) atoms. The van der Waals surface area contributed by atoms with Crippen molar-refractivity contribution < 1.29 is 14.7 Å². The summed E-state index contributed by atoms with van der Waals surface area (Å²) in [5.41, 5.74) is 3.50. The lowest BCUT2D eigenvalue weighted by molar-refractivity contribution is -0.147. The van der Waals surface area contributed by atoms with Gasteiger partial charge in [-0.3, -0.25) is 9.59 Å². The first-order valence-electron chi connectivity index (χ1n) is 10.5. The Balaban J connectivity index is 1.88. The number of hydrogen-bond acceptors (Lipinski definition) is 4. The van der Waals surface area contributed by atoms with Crippen molar-refractivity contribution in [2.75, 3.05) is 5.32 Å². The maximum atomic E-state index is 12.9. The molecular weight excluding hydrogens is 396 g/mol. The topological polar surface area (TPSA) is 90.2 Å². The summed E-state index contributed by atoms with van der Waals surface area (Å²) < 4.78 is 0. The number of nitrogens with one attached hydrogen (secondary N) is 1. The number of carboxylic acid groups (broad SMARTS) is 1. The van der Waals surface area contributed by atoms with E-state index in [4.69, 9.17) is 0 Å². The predicted octanol–water partition coefficient (Wildman–Crippen LogP) is 5.94. The summed E-state index contributed by atoms with van der Waals surface area (Å²) in [6.45, 7) is 6.29. The molecule has 0 bridgehead atoms. The van der Waals surface area contributed by atoms with E-state index in [1.807, 2.05) is 19.1 Å². The number of thiophene rings is 1. The van der Waals surface area contributed by atoms with Gasteiger partial charge < -0.3 is 10.4 Å². The summed E-state index contributed by atoms with van der Waals surface area (Å²) in [7, 11) is 0. The van der Waals surface area contributed by atoms with Gasteiger partial charge in [-0.25, -0.2) is 0 Å². The summed E-state index contributed by atoms with van der Waals surface area (Å²) >= 11 is 1.38. The molecule has 1 fully saturated rings. The van der Waals surface area contributed by atoms with E-state index in [1.165, 1.54) is 16.9 Å². The van der Waals surface area contributed by atoms with Gasteiger partial charge in [0.2, 0.25) is 5.91 Å². The second kappa shape index (κ2) is 9.44. The monoisotopic (exact) mass is 424 g/mol. The molecule has 0 unspecified atom stereocenters. The van der Waals surface area contributed by atoms with Crippen LogP contribution in [0, 0.1) is 30.1 Å². The van der Waals surface area contributed by atoms with E-state index in [0.29, 0.717) is 29.3 Å². The first kappa shape index (κ1) is 22.0. The van der Waals surface area contributed by atoms with E-state index >= 15 is 0 Å². The number of hydrogen-bond donors (Lipinski definition) is 2. The van der Waals surface area contributed by atoms with Crippen molar-refractivity contribution in [1.29, 1.82) is 5.26 Å². The minimum absolute atomic E-state index is 0.293. The van der Waals surface area contributed by atoms with Crippen LogP contribution in [0.5, 0.6) is 0 Å². The molecule has 3 rings (SSSR count). The van der Waals surface area contributed by atoms with Crippen LogP contribution < -0.4 is 5.32 Å². The minimum Gasteiger partial charge on any atom is -0.481 e. The Kier molecular flexibility index (Phi) is 6.94. The number of aliphatic carboxylic acids is 1. The zero-order valence-corrected chi connectivity index (χ0v) is 18.5. The van der Waals surface area contributed by atoms with Crippen molar-refractivity contribution in [3.05, 3.63) is 40.3 Å². The molecule has 0 saturated heterocycles. The fourth-order valence-corrected chi connectivity index (χ4v) is 5.28. The fraction of sp³-hybridized carbons (Fsp3) is 0.458. The van der Waals surface area contributed by atoms with Crippen LogP contribution in [0.25, 0.3) is 11.1 Å². The van der Waals surface area contributed by atoms with E-state index < -0.39 is 17.8 Å². The SMILES string of the molecule is CC[C@H](C)c1ccc(-c2c(C)sc(NC(=O)[C@@H]3CCCC[C@@H]3C(=O)O)c2C#N)cc1. The number of carboxylic acids is 1. The fourth-order valence-electron chi connectivity index (χ4n) is 4.25. The molecule has 6 heteroatoms. The molecule has 1 aromatic heterocycles. The minimum atomic E-state index is -0.917. The van der Waals surface area contributed by atoms with Gasteiger partial charge in [0.05, 0.1) is 17.4 Å². The first-order valence-corrected chi connectivity index (χ1v) is 11.4. The lowest BCUT2D eigenvalue weighted by atomic mass is 9.79. The van der Waals surface area contributed by atoms with E-state index in [0.717, 1.165) is 35.3 Å². The van der Waals surface area contributed by atoms with Crippen LogP contribution in [0.1, 0.15) is 67.9 Å². The molecule has 3 atom stereocenters. The van der Waals surface area contributed by atoms with Gasteiger partial charge in [0.1, 0.15) is 11.1 Å². The number of rotatable bonds is 6. The second-order valence-electron chi connectivity index (χ2n) is 8.11. The number of amides is 1. The van der Waals surface area contributed by atoms with Crippen molar-refractivity contribution in [3.8, 4) is 17.2 Å². The summed E-state index contributed by atoms with van der Waals surface area (Å²) in [5.74, 6) is -1.94. The van der Waals surface area contributed by atoms with E-state index in [1.54, 1.807) is 0 Å². The van der Waals surface area contributed by atoms with E-state index in [9.17, 15) is 20.0 Å². The highest BCUT2D eigenvalue weighted by Gasteiger charge is 2.36. The normalized spacial score (nSPS) is 19.7. The van der Waals surface area contributed by atoms with Crippen molar-refractivity contribution >= 4 is 28.2 Å². The Morgan fingerprint density at radius 3 is 2.43 bits per heavy atom. The Bertz CT molecular complexity index is 972.